The van der Waals surface area contributed by atoms with Gasteiger partial charge in [0.2, 0.25) is 0 Å². The molecule has 30 heavy (non-hydrogen) atoms. The monoisotopic (exact) mass is 433 g/mol. The zero-order chi connectivity index (χ0) is 20.5. The third-order valence-corrected chi connectivity index (χ3v) is 5.93. The molecule has 0 saturated heterocycles. The average molecular weight is 434 g/mol. The molecule has 0 aliphatic carbocycles. The van der Waals surface area contributed by atoms with Gasteiger partial charge in [0.05, 0.1) is 11.0 Å². The van der Waals surface area contributed by atoms with Gasteiger partial charge in [-0.2, -0.15) is 0 Å². The van der Waals surface area contributed by atoms with Crippen LogP contribution in [0.3, 0.4) is 0 Å². The third-order valence-electron chi connectivity index (χ3n) is 5.59. The highest BCUT2D eigenvalue weighted by molar-refractivity contribution is 6.23. The molecule has 5 rings (SSSR count). The number of fused-ring (bicyclic) bond motifs is 6. The Balaban J connectivity index is 1.64. The molecule has 0 bridgehead atoms. The van der Waals surface area contributed by atoms with Crippen LogP contribution in [0.4, 0.5) is 5.69 Å². The number of rotatable bonds is 6. The molecule has 0 aliphatic rings. The van der Waals surface area contributed by atoms with E-state index in [1.807, 2.05) is 0 Å². The Hall–Kier alpha value is -2.75. The smallest absolute Gasteiger partial charge is 0.138 e. The maximum absolute atomic E-state index is 5.95. The second-order valence-corrected chi connectivity index (χ2v) is 8.07. The second kappa shape index (κ2) is 8.17. The van der Waals surface area contributed by atoms with Crippen LogP contribution >= 0.6 is 23.2 Å². The van der Waals surface area contributed by atoms with Crippen molar-refractivity contribution in [2.24, 2.45) is 0 Å². The van der Waals surface area contributed by atoms with E-state index in [2.05, 4.69) is 82.7 Å². The van der Waals surface area contributed by atoms with Crippen LogP contribution in [0.15, 0.2) is 72.8 Å². The first-order valence-electron chi connectivity index (χ1n) is 10.1. The first-order valence-corrected chi connectivity index (χ1v) is 11.1. The van der Waals surface area contributed by atoms with Gasteiger partial charge in [0, 0.05) is 46.9 Å². The highest BCUT2D eigenvalue weighted by Gasteiger charge is 2.14. The van der Waals surface area contributed by atoms with Crippen LogP contribution in [0.2, 0.25) is 0 Å². The lowest BCUT2D eigenvalue weighted by Gasteiger charge is -2.22. The van der Waals surface area contributed by atoms with Crippen LogP contribution in [0, 0.1) is 0 Å². The van der Waals surface area contributed by atoms with Crippen LogP contribution in [0.1, 0.15) is 0 Å². The van der Waals surface area contributed by atoms with E-state index in [0.29, 0.717) is 11.8 Å². The van der Waals surface area contributed by atoms with E-state index < -0.39 is 0 Å². The van der Waals surface area contributed by atoms with E-state index in [9.17, 15) is 0 Å². The highest BCUT2D eigenvalue weighted by atomic mass is 35.5. The number of alkyl halides is 2. The van der Waals surface area contributed by atoms with E-state index in [-0.39, 0.29) is 0 Å². The van der Waals surface area contributed by atoms with Crippen molar-refractivity contribution in [3.8, 4) is 11.4 Å². The number of imidazole rings is 1. The van der Waals surface area contributed by atoms with Gasteiger partial charge < -0.3 is 9.88 Å². The van der Waals surface area contributed by atoms with E-state index in [0.717, 1.165) is 41.2 Å². The summed E-state index contributed by atoms with van der Waals surface area (Å²) in [6, 6.07) is 25.4. The number of H-pyrrole nitrogens is 1. The lowest BCUT2D eigenvalue weighted by Crippen LogP contribution is -2.27. The lowest BCUT2D eigenvalue weighted by atomic mass is 10.0. The molecular weight excluding hydrogens is 413 g/mol. The first-order chi connectivity index (χ1) is 14.8. The summed E-state index contributed by atoms with van der Waals surface area (Å²) in [5, 5.41) is 4.83. The van der Waals surface area contributed by atoms with Gasteiger partial charge in [0.15, 0.2) is 0 Å². The summed E-state index contributed by atoms with van der Waals surface area (Å²) in [7, 11) is 0. The lowest BCUT2D eigenvalue weighted by molar-refractivity contribution is 0.874. The summed E-state index contributed by atoms with van der Waals surface area (Å²) in [5.74, 6) is 2.02. The molecule has 1 heterocycles. The number of benzene rings is 4. The molecule has 1 N–H and O–H groups in total. The van der Waals surface area contributed by atoms with Gasteiger partial charge in [-0.3, -0.25) is 0 Å². The van der Waals surface area contributed by atoms with E-state index in [4.69, 9.17) is 28.2 Å². The van der Waals surface area contributed by atoms with Crippen molar-refractivity contribution in [3.63, 3.8) is 0 Å². The minimum atomic E-state index is 0.572. The number of anilines is 1. The van der Waals surface area contributed by atoms with Gasteiger partial charge in [0.1, 0.15) is 5.82 Å². The van der Waals surface area contributed by atoms with Crippen molar-refractivity contribution >= 4 is 61.5 Å². The maximum Gasteiger partial charge on any atom is 0.138 e. The van der Waals surface area contributed by atoms with Crippen LogP contribution in [0.25, 0.3) is 44.0 Å². The number of hydrogen-bond acceptors (Lipinski definition) is 2. The van der Waals surface area contributed by atoms with E-state index >= 15 is 0 Å². The summed E-state index contributed by atoms with van der Waals surface area (Å²) in [6.07, 6.45) is 0. The van der Waals surface area contributed by atoms with Crippen LogP contribution in [0.5, 0.6) is 0 Å². The Morgan fingerprint density at radius 1 is 0.700 bits per heavy atom. The number of nitrogens with one attached hydrogen (secondary N) is 1. The van der Waals surface area contributed by atoms with Crippen LogP contribution in [-0.4, -0.2) is 34.8 Å². The van der Waals surface area contributed by atoms with Crippen LogP contribution < -0.4 is 4.90 Å². The number of aromatic amines is 1. The zero-order valence-electron chi connectivity index (χ0n) is 16.4. The highest BCUT2D eigenvalue weighted by Crippen LogP contribution is 2.35. The molecule has 0 fully saturated rings. The predicted molar refractivity (Wildman–Crippen MR) is 130 cm³/mol. The number of halogens is 2. The molecule has 0 atom stereocenters. The molecule has 3 nitrogen and oxygen atoms in total. The Morgan fingerprint density at radius 3 is 1.90 bits per heavy atom. The molecule has 5 aromatic rings. The van der Waals surface area contributed by atoms with Crippen molar-refractivity contribution in [1.82, 2.24) is 9.97 Å². The zero-order valence-corrected chi connectivity index (χ0v) is 17.9. The molecule has 1 aromatic heterocycles. The molecule has 0 unspecified atom stereocenters. The topological polar surface area (TPSA) is 31.9 Å². The fourth-order valence-corrected chi connectivity index (χ4v) is 4.57. The molecular formula is C25H21Cl2N3. The summed E-state index contributed by atoms with van der Waals surface area (Å²) in [4.78, 5) is 10.8. The summed E-state index contributed by atoms with van der Waals surface area (Å²) in [6.45, 7) is 1.55. The molecule has 0 spiro atoms. The SMILES string of the molecule is ClCCN(CCCl)c1ccc(-c2nc3c4ccccc4c4ccccc4c3[nH]2)cc1. The van der Waals surface area contributed by atoms with Crippen molar-refractivity contribution < 1.29 is 0 Å². The van der Waals surface area contributed by atoms with Gasteiger partial charge in [-0.05, 0) is 35.0 Å². The molecule has 0 radical (unpaired) electrons. The molecule has 0 aliphatic heterocycles. The second-order valence-electron chi connectivity index (χ2n) is 7.31. The standard InChI is InChI=1S/C25H21Cl2N3/c26-13-15-30(16-14-27)18-11-9-17(10-12-18)25-28-23-21-7-3-1-5-19(21)20-6-2-4-8-22(20)24(23)29-25/h1-12H,13-16H2,(H,28,29). The molecule has 4 aromatic carbocycles. The van der Waals surface area contributed by atoms with Gasteiger partial charge in [-0.25, -0.2) is 4.98 Å². The van der Waals surface area contributed by atoms with Gasteiger partial charge in [-0.15, -0.1) is 23.2 Å². The van der Waals surface area contributed by atoms with Crippen molar-refractivity contribution in [1.29, 1.82) is 0 Å². The van der Waals surface area contributed by atoms with Crippen molar-refractivity contribution in [2.45, 2.75) is 0 Å². The Labute approximate surface area is 185 Å². The van der Waals surface area contributed by atoms with E-state index in [1.165, 1.54) is 21.5 Å². The van der Waals surface area contributed by atoms with Crippen LogP contribution in [-0.2, 0) is 0 Å². The van der Waals surface area contributed by atoms with E-state index in [1.54, 1.807) is 0 Å². The number of hydrogen-bond donors (Lipinski definition) is 1. The summed E-state index contributed by atoms with van der Waals surface area (Å²) < 4.78 is 0. The fraction of sp³-hybridized carbons (Fsp3) is 0.160. The summed E-state index contributed by atoms with van der Waals surface area (Å²) >= 11 is 11.9. The van der Waals surface area contributed by atoms with Gasteiger partial charge in [-0.1, -0.05) is 48.5 Å². The molecule has 150 valence electrons. The third kappa shape index (κ3) is 3.28. The molecule has 5 heteroatoms. The average Bonchev–Trinajstić information content (AvgIpc) is 3.25. The quantitative estimate of drug-likeness (QED) is 0.235. The van der Waals surface area contributed by atoms with Crippen molar-refractivity contribution in [3.05, 3.63) is 72.8 Å². The minimum Gasteiger partial charge on any atom is -0.369 e. The fourth-order valence-electron chi connectivity index (χ4n) is 4.16. The van der Waals surface area contributed by atoms with Gasteiger partial charge in [0.25, 0.3) is 0 Å². The largest absolute Gasteiger partial charge is 0.369 e. The minimum absolute atomic E-state index is 0.572. The number of aromatic nitrogens is 2. The Morgan fingerprint density at radius 2 is 1.27 bits per heavy atom. The van der Waals surface area contributed by atoms with Crippen molar-refractivity contribution in [2.75, 3.05) is 29.7 Å². The number of nitrogens with zero attached hydrogens (tertiary/aromatic N) is 2. The maximum atomic E-state index is 5.95. The first kappa shape index (κ1) is 19.2. The Kier molecular flexibility index (Phi) is 5.24. The molecule has 0 amide bonds. The predicted octanol–water partition coefficient (Wildman–Crippen LogP) is 6.82. The van der Waals surface area contributed by atoms with Gasteiger partial charge >= 0.3 is 0 Å². The normalized spacial score (nSPS) is 11.5. The Bertz CT molecular complexity index is 1250. The summed E-state index contributed by atoms with van der Waals surface area (Å²) in [5.41, 5.74) is 4.26. The molecule has 0 saturated carbocycles.